The van der Waals surface area contributed by atoms with Gasteiger partial charge in [-0.3, -0.25) is 0 Å². The number of hydrogen-bond acceptors (Lipinski definition) is 2. The van der Waals surface area contributed by atoms with Crippen LogP contribution in [-0.2, 0) is 6.54 Å². The maximum absolute atomic E-state index is 6.27. The summed E-state index contributed by atoms with van der Waals surface area (Å²) in [5, 5.41) is 3.61. The maximum atomic E-state index is 6.27. The standard InChI is InChI=1S/C12H19BrClNS/c1-12(2,3)6-9(14)7-15-8-10-4-5-11(13)16-10/h4-5,9,15H,6-8H2,1-3H3. The largest absolute Gasteiger partial charge is 0.310 e. The third kappa shape index (κ3) is 6.24. The summed E-state index contributed by atoms with van der Waals surface area (Å²) in [4.78, 5) is 1.34. The van der Waals surface area contributed by atoms with Gasteiger partial charge < -0.3 is 5.32 Å². The van der Waals surface area contributed by atoms with E-state index < -0.39 is 0 Å². The fraction of sp³-hybridized carbons (Fsp3) is 0.667. The van der Waals surface area contributed by atoms with Crippen molar-refractivity contribution in [2.45, 2.75) is 39.1 Å². The molecule has 92 valence electrons. The molecule has 1 unspecified atom stereocenters. The molecule has 0 aliphatic carbocycles. The van der Waals surface area contributed by atoms with Gasteiger partial charge in [0, 0.05) is 23.3 Å². The molecule has 0 saturated heterocycles. The second-order valence-corrected chi connectivity index (χ2v) is 8.36. The summed E-state index contributed by atoms with van der Waals surface area (Å²) in [5.41, 5.74) is 0.306. The van der Waals surface area contributed by atoms with E-state index >= 15 is 0 Å². The van der Waals surface area contributed by atoms with Gasteiger partial charge in [-0.15, -0.1) is 22.9 Å². The lowest BCUT2D eigenvalue weighted by Crippen LogP contribution is -2.26. The Kier molecular flexibility index (Phi) is 5.78. The zero-order chi connectivity index (χ0) is 12.2. The lowest BCUT2D eigenvalue weighted by atomic mass is 9.90. The topological polar surface area (TPSA) is 12.0 Å². The molecule has 1 aromatic heterocycles. The predicted molar refractivity (Wildman–Crippen MR) is 77.4 cm³/mol. The first-order valence-electron chi connectivity index (χ1n) is 5.46. The second kappa shape index (κ2) is 6.39. The van der Waals surface area contributed by atoms with Crippen LogP contribution in [-0.4, -0.2) is 11.9 Å². The van der Waals surface area contributed by atoms with Crippen LogP contribution >= 0.6 is 38.9 Å². The first-order chi connectivity index (χ1) is 7.37. The Morgan fingerprint density at radius 3 is 2.62 bits per heavy atom. The average molecular weight is 325 g/mol. The number of alkyl halides is 1. The Balaban J connectivity index is 2.20. The van der Waals surface area contributed by atoms with E-state index in [4.69, 9.17) is 11.6 Å². The minimum absolute atomic E-state index is 0.211. The molecule has 16 heavy (non-hydrogen) atoms. The van der Waals surface area contributed by atoms with Crippen LogP contribution in [0.15, 0.2) is 15.9 Å². The summed E-state index contributed by atoms with van der Waals surface area (Å²) in [6, 6.07) is 4.21. The molecule has 0 spiro atoms. The Labute approximate surface area is 116 Å². The molecular formula is C12H19BrClNS. The Morgan fingerprint density at radius 2 is 2.12 bits per heavy atom. The van der Waals surface area contributed by atoms with Gasteiger partial charge in [0.05, 0.1) is 3.79 Å². The minimum atomic E-state index is 0.211. The molecule has 0 bridgehead atoms. The van der Waals surface area contributed by atoms with Crippen molar-refractivity contribution in [1.29, 1.82) is 0 Å². The van der Waals surface area contributed by atoms with Gasteiger partial charge in [0.1, 0.15) is 0 Å². The van der Waals surface area contributed by atoms with Crippen LogP contribution in [0.1, 0.15) is 32.1 Å². The summed E-state index contributed by atoms with van der Waals surface area (Å²) < 4.78 is 1.18. The molecular weight excluding hydrogens is 306 g/mol. The monoisotopic (exact) mass is 323 g/mol. The highest BCUT2D eigenvalue weighted by Crippen LogP contribution is 2.24. The van der Waals surface area contributed by atoms with Crippen molar-refractivity contribution in [3.63, 3.8) is 0 Å². The molecule has 1 atom stereocenters. The van der Waals surface area contributed by atoms with Gasteiger partial charge in [-0.05, 0) is 39.9 Å². The van der Waals surface area contributed by atoms with E-state index in [1.54, 1.807) is 11.3 Å². The fourth-order valence-corrected chi connectivity index (χ4v) is 3.56. The second-order valence-electron chi connectivity index (χ2n) is 5.20. The van der Waals surface area contributed by atoms with Gasteiger partial charge in [-0.2, -0.15) is 0 Å². The van der Waals surface area contributed by atoms with E-state index in [1.807, 2.05) is 0 Å². The zero-order valence-electron chi connectivity index (χ0n) is 10.0. The zero-order valence-corrected chi connectivity index (χ0v) is 13.2. The molecule has 0 radical (unpaired) electrons. The quantitative estimate of drug-likeness (QED) is 0.778. The predicted octanol–water partition coefficient (Wildman–Crippen LogP) is 4.64. The van der Waals surface area contributed by atoms with Gasteiger partial charge in [-0.1, -0.05) is 20.8 Å². The molecule has 1 rings (SSSR count). The van der Waals surface area contributed by atoms with Gasteiger partial charge in [-0.25, -0.2) is 0 Å². The van der Waals surface area contributed by atoms with Crippen LogP contribution in [0.25, 0.3) is 0 Å². The lowest BCUT2D eigenvalue weighted by molar-refractivity contribution is 0.365. The molecule has 0 aliphatic rings. The summed E-state index contributed by atoms with van der Waals surface area (Å²) >= 11 is 11.5. The molecule has 1 aromatic rings. The van der Waals surface area contributed by atoms with Gasteiger partial charge in [0.25, 0.3) is 0 Å². The van der Waals surface area contributed by atoms with E-state index in [2.05, 4.69) is 54.2 Å². The van der Waals surface area contributed by atoms with E-state index in [9.17, 15) is 0 Å². The molecule has 0 saturated carbocycles. The molecule has 4 heteroatoms. The van der Waals surface area contributed by atoms with Crippen LogP contribution in [0.3, 0.4) is 0 Å². The SMILES string of the molecule is CC(C)(C)CC(Cl)CNCc1ccc(Br)s1. The molecule has 0 aliphatic heterocycles. The minimum Gasteiger partial charge on any atom is -0.310 e. The normalized spacial score (nSPS) is 14.1. The average Bonchev–Trinajstić information content (AvgIpc) is 2.48. The van der Waals surface area contributed by atoms with Crippen molar-refractivity contribution >= 4 is 38.9 Å². The first kappa shape index (κ1) is 14.5. The van der Waals surface area contributed by atoms with Crippen LogP contribution < -0.4 is 5.32 Å². The van der Waals surface area contributed by atoms with Crippen LogP contribution in [0.5, 0.6) is 0 Å². The molecule has 0 amide bonds. The Hall–Kier alpha value is 0.430. The molecule has 0 aromatic carbocycles. The van der Waals surface area contributed by atoms with Gasteiger partial charge in [0.15, 0.2) is 0 Å². The van der Waals surface area contributed by atoms with Crippen molar-refractivity contribution in [3.05, 3.63) is 20.8 Å². The van der Waals surface area contributed by atoms with E-state index in [0.29, 0.717) is 5.41 Å². The van der Waals surface area contributed by atoms with Crippen molar-refractivity contribution < 1.29 is 0 Å². The van der Waals surface area contributed by atoms with Crippen LogP contribution in [0, 0.1) is 5.41 Å². The third-order valence-corrected chi connectivity index (χ3v) is 4.06. The summed E-state index contributed by atoms with van der Waals surface area (Å²) in [6.45, 7) is 8.44. The summed E-state index contributed by atoms with van der Waals surface area (Å²) in [6.07, 6.45) is 1.04. The highest BCUT2D eigenvalue weighted by atomic mass is 79.9. The van der Waals surface area contributed by atoms with Gasteiger partial charge in [0.2, 0.25) is 0 Å². The molecule has 1 nitrogen and oxygen atoms in total. The number of hydrogen-bond donors (Lipinski definition) is 1. The Morgan fingerprint density at radius 1 is 1.44 bits per heavy atom. The highest BCUT2D eigenvalue weighted by Gasteiger charge is 2.16. The van der Waals surface area contributed by atoms with Crippen molar-refractivity contribution in [2.24, 2.45) is 5.41 Å². The van der Waals surface area contributed by atoms with Crippen LogP contribution in [0.4, 0.5) is 0 Å². The van der Waals surface area contributed by atoms with E-state index in [-0.39, 0.29) is 5.38 Å². The maximum Gasteiger partial charge on any atom is 0.0701 e. The number of halogens is 2. The first-order valence-corrected chi connectivity index (χ1v) is 7.50. The number of rotatable bonds is 5. The Bertz CT molecular complexity index is 319. The van der Waals surface area contributed by atoms with Crippen molar-refractivity contribution in [3.8, 4) is 0 Å². The highest BCUT2D eigenvalue weighted by molar-refractivity contribution is 9.11. The van der Waals surface area contributed by atoms with Crippen molar-refractivity contribution in [2.75, 3.05) is 6.54 Å². The molecule has 0 fully saturated rings. The van der Waals surface area contributed by atoms with Crippen molar-refractivity contribution in [1.82, 2.24) is 5.32 Å². The van der Waals surface area contributed by atoms with Crippen LogP contribution in [0.2, 0.25) is 0 Å². The molecule has 1 heterocycles. The lowest BCUT2D eigenvalue weighted by Gasteiger charge is -2.21. The number of thiophene rings is 1. The van der Waals surface area contributed by atoms with Gasteiger partial charge >= 0.3 is 0 Å². The van der Waals surface area contributed by atoms with E-state index in [1.165, 1.54) is 8.66 Å². The smallest absolute Gasteiger partial charge is 0.0701 e. The fourth-order valence-electron chi connectivity index (χ4n) is 1.54. The summed E-state index contributed by atoms with van der Waals surface area (Å²) in [5.74, 6) is 0. The summed E-state index contributed by atoms with van der Waals surface area (Å²) in [7, 11) is 0. The third-order valence-electron chi connectivity index (χ3n) is 2.13. The van der Waals surface area contributed by atoms with E-state index in [0.717, 1.165) is 19.5 Å². The number of nitrogens with one attached hydrogen (secondary N) is 1. The molecule has 1 N–H and O–H groups in total.